The third kappa shape index (κ3) is 2.95. The fraction of sp³-hybridized carbons (Fsp3) is 0.600. The van der Waals surface area contributed by atoms with Crippen LogP contribution in [0, 0.1) is 11.6 Å². The Morgan fingerprint density at radius 2 is 2.05 bits per heavy atom. The van der Waals surface area contributed by atoms with E-state index in [4.69, 9.17) is 0 Å². The minimum Gasteiger partial charge on any atom is -0.310 e. The normalized spacial score (nSPS) is 27.5. The van der Waals surface area contributed by atoms with Gasteiger partial charge in [-0.2, -0.15) is 0 Å². The predicted molar refractivity (Wildman–Crippen MR) is 70.8 cm³/mol. The largest absolute Gasteiger partial charge is 0.310 e. The highest BCUT2D eigenvalue weighted by Crippen LogP contribution is 2.26. The van der Waals surface area contributed by atoms with Crippen molar-refractivity contribution in [3.05, 3.63) is 35.4 Å². The molecule has 2 unspecified atom stereocenters. The standard InChI is InChI=1S/C15H20F2N2/c16-14-4-3-11(8-15(14)17)10-18-12-5-7-19-6-1-2-13(19)9-12/h3-4,8,12-13,18H,1-2,5-7,9-10H2. The maximum absolute atomic E-state index is 13.1. The van der Waals surface area contributed by atoms with E-state index in [9.17, 15) is 8.78 Å². The van der Waals surface area contributed by atoms with Crippen molar-refractivity contribution in [2.24, 2.45) is 0 Å². The summed E-state index contributed by atoms with van der Waals surface area (Å²) in [6.07, 6.45) is 4.97. The minimum atomic E-state index is -0.775. The Bertz CT molecular complexity index is 450. The predicted octanol–water partition coefficient (Wildman–Crippen LogP) is 2.68. The van der Waals surface area contributed by atoms with Crippen LogP contribution >= 0.6 is 0 Å². The summed E-state index contributed by atoms with van der Waals surface area (Å²) in [4.78, 5) is 2.58. The second-order valence-corrected chi connectivity index (χ2v) is 5.68. The molecule has 1 N–H and O–H groups in total. The van der Waals surface area contributed by atoms with Crippen LogP contribution in [0.25, 0.3) is 0 Å². The van der Waals surface area contributed by atoms with Gasteiger partial charge in [-0.25, -0.2) is 8.78 Å². The highest BCUT2D eigenvalue weighted by molar-refractivity contribution is 5.17. The van der Waals surface area contributed by atoms with Gasteiger partial charge < -0.3 is 10.2 Å². The Kier molecular flexibility index (Phi) is 3.80. The summed E-state index contributed by atoms with van der Waals surface area (Å²) in [5.74, 6) is -1.53. The van der Waals surface area contributed by atoms with Gasteiger partial charge in [0, 0.05) is 18.6 Å². The third-order valence-electron chi connectivity index (χ3n) is 4.40. The molecule has 104 valence electrons. The molecule has 0 aliphatic carbocycles. The monoisotopic (exact) mass is 266 g/mol. The molecule has 2 nitrogen and oxygen atoms in total. The number of hydrogen-bond acceptors (Lipinski definition) is 2. The molecule has 2 aliphatic rings. The smallest absolute Gasteiger partial charge is 0.159 e. The van der Waals surface area contributed by atoms with Crippen molar-refractivity contribution in [2.75, 3.05) is 13.1 Å². The lowest BCUT2D eigenvalue weighted by molar-refractivity contribution is 0.166. The highest BCUT2D eigenvalue weighted by atomic mass is 19.2. The van der Waals surface area contributed by atoms with Crippen molar-refractivity contribution >= 4 is 0 Å². The number of nitrogens with one attached hydrogen (secondary N) is 1. The van der Waals surface area contributed by atoms with E-state index in [0.29, 0.717) is 12.6 Å². The molecule has 2 heterocycles. The molecule has 19 heavy (non-hydrogen) atoms. The van der Waals surface area contributed by atoms with Crippen LogP contribution in [0.15, 0.2) is 18.2 Å². The highest BCUT2D eigenvalue weighted by Gasteiger charge is 2.31. The van der Waals surface area contributed by atoms with Gasteiger partial charge in [0.1, 0.15) is 0 Å². The van der Waals surface area contributed by atoms with Gasteiger partial charge in [0.15, 0.2) is 11.6 Å². The Morgan fingerprint density at radius 3 is 2.89 bits per heavy atom. The molecule has 2 aliphatic heterocycles. The van der Waals surface area contributed by atoms with Crippen LogP contribution < -0.4 is 5.32 Å². The lowest BCUT2D eigenvalue weighted by Gasteiger charge is -2.35. The Labute approximate surface area is 112 Å². The van der Waals surface area contributed by atoms with Crippen LogP contribution in [0.4, 0.5) is 8.78 Å². The van der Waals surface area contributed by atoms with Crippen molar-refractivity contribution in [1.29, 1.82) is 0 Å². The van der Waals surface area contributed by atoms with E-state index in [-0.39, 0.29) is 0 Å². The first-order chi connectivity index (χ1) is 9.22. The quantitative estimate of drug-likeness (QED) is 0.905. The molecule has 0 amide bonds. The van der Waals surface area contributed by atoms with Crippen molar-refractivity contribution in [1.82, 2.24) is 10.2 Å². The summed E-state index contributed by atoms with van der Waals surface area (Å²) in [5, 5.41) is 3.48. The Morgan fingerprint density at radius 1 is 1.16 bits per heavy atom. The van der Waals surface area contributed by atoms with Crippen molar-refractivity contribution < 1.29 is 8.78 Å². The zero-order valence-electron chi connectivity index (χ0n) is 11.0. The third-order valence-corrected chi connectivity index (χ3v) is 4.40. The van der Waals surface area contributed by atoms with E-state index < -0.39 is 11.6 Å². The first-order valence-corrected chi connectivity index (χ1v) is 7.14. The molecule has 4 heteroatoms. The summed E-state index contributed by atoms with van der Waals surface area (Å²) < 4.78 is 26.0. The van der Waals surface area contributed by atoms with Crippen LogP contribution in [0.5, 0.6) is 0 Å². The first-order valence-electron chi connectivity index (χ1n) is 7.14. The second-order valence-electron chi connectivity index (χ2n) is 5.68. The fourth-order valence-electron chi connectivity index (χ4n) is 3.32. The lowest BCUT2D eigenvalue weighted by atomic mass is 9.97. The van der Waals surface area contributed by atoms with Gasteiger partial charge in [0.25, 0.3) is 0 Å². The number of hydrogen-bond donors (Lipinski definition) is 1. The van der Waals surface area contributed by atoms with Gasteiger partial charge in [-0.05, 0) is 56.5 Å². The molecule has 1 aromatic carbocycles. The van der Waals surface area contributed by atoms with Crippen molar-refractivity contribution in [3.63, 3.8) is 0 Å². The molecule has 0 saturated carbocycles. The molecule has 1 aromatic rings. The van der Waals surface area contributed by atoms with Gasteiger partial charge in [0.05, 0.1) is 0 Å². The Balaban J connectivity index is 1.53. The van der Waals surface area contributed by atoms with Gasteiger partial charge in [-0.3, -0.25) is 0 Å². The number of halogens is 2. The number of rotatable bonds is 3. The van der Waals surface area contributed by atoms with E-state index in [0.717, 1.165) is 18.0 Å². The summed E-state index contributed by atoms with van der Waals surface area (Å²) in [6, 6.07) is 5.37. The van der Waals surface area contributed by atoms with E-state index in [1.54, 1.807) is 6.07 Å². The summed E-state index contributed by atoms with van der Waals surface area (Å²) in [7, 11) is 0. The molecule has 0 spiro atoms. The minimum absolute atomic E-state index is 0.507. The zero-order valence-corrected chi connectivity index (χ0v) is 11.0. The zero-order chi connectivity index (χ0) is 13.2. The summed E-state index contributed by atoms with van der Waals surface area (Å²) in [6.45, 7) is 3.04. The SMILES string of the molecule is Fc1ccc(CNC2CCN3CCCC3C2)cc1F. The first kappa shape index (κ1) is 13.0. The molecule has 3 rings (SSSR count). The molecular formula is C15H20F2N2. The average Bonchev–Trinajstić information content (AvgIpc) is 2.87. The van der Waals surface area contributed by atoms with Gasteiger partial charge in [-0.15, -0.1) is 0 Å². The van der Waals surface area contributed by atoms with Crippen molar-refractivity contribution in [3.8, 4) is 0 Å². The molecule has 0 radical (unpaired) electrons. The van der Waals surface area contributed by atoms with Gasteiger partial charge in [0.2, 0.25) is 0 Å². The number of fused-ring (bicyclic) bond motifs is 1. The van der Waals surface area contributed by atoms with E-state index in [1.807, 2.05) is 0 Å². The maximum atomic E-state index is 13.1. The van der Waals surface area contributed by atoms with Crippen LogP contribution in [0.1, 0.15) is 31.2 Å². The number of piperidine rings is 1. The maximum Gasteiger partial charge on any atom is 0.159 e. The number of benzene rings is 1. The van der Waals surface area contributed by atoms with Crippen LogP contribution in [0.2, 0.25) is 0 Å². The van der Waals surface area contributed by atoms with Crippen molar-refractivity contribution in [2.45, 2.75) is 44.3 Å². The van der Waals surface area contributed by atoms with Gasteiger partial charge >= 0.3 is 0 Å². The molecular weight excluding hydrogens is 246 g/mol. The van der Waals surface area contributed by atoms with Gasteiger partial charge in [-0.1, -0.05) is 6.07 Å². The van der Waals surface area contributed by atoms with Crippen LogP contribution in [-0.4, -0.2) is 30.1 Å². The summed E-state index contributed by atoms with van der Waals surface area (Å²) >= 11 is 0. The van der Waals surface area contributed by atoms with Crippen LogP contribution in [-0.2, 0) is 6.54 Å². The topological polar surface area (TPSA) is 15.3 Å². The molecule has 2 saturated heterocycles. The Hall–Kier alpha value is -1.00. The van der Waals surface area contributed by atoms with E-state index in [2.05, 4.69) is 10.2 Å². The average molecular weight is 266 g/mol. The van der Waals surface area contributed by atoms with Crippen LogP contribution in [0.3, 0.4) is 0 Å². The lowest BCUT2D eigenvalue weighted by Crippen LogP contribution is -2.45. The molecule has 2 fully saturated rings. The molecule has 2 atom stereocenters. The van der Waals surface area contributed by atoms with E-state index >= 15 is 0 Å². The summed E-state index contributed by atoms with van der Waals surface area (Å²) in [5.41, 5.74) is 0.813. The van der Waals surface area contributed by atoms with E-state index in [1.165, 1.54) is 44.5 Å². The number of nitrogens with zero attached hydrogens (tertiary/aromatic N) is 1. The fourth-order valence-corrected chi connectivity index (χ4v) is 3.32. The molecule has 0 aromatic heterocycles. The second kappa shape index (κ2) is 5.55. The molecule has 0 bridgehead atoms.